The smallest absolute Gasteiger partial charge is 0.362 e. The molecule has 2 rings (SSSR count). The normalized spacial score (nSPS) is 9.92. The van der Waals surface area contributed by atoms with Crippen LogP contribution in [0.4, 0.5) is 0 Å². The van der Waals surface area contributed by atoms with Crippen LogP contribution in [0.5, 0.6) is 11.5 Å². The summed E-state index contributed by atoms with van der Waals surface area (Å²) in [7, 11) is 3.11. The van der Waals surface area contributed by atoms with Crippen molar-refractivity contribution in [1.82, 2.24) is 5.48 Å². The average Bonchev–Trinajstić information content (AvgIpc) is 2.64. The predicted octanol–water partition coefficient (Wildman–Crippen LogP) is 2.52. The van der Waals surface area contributed by atoms with E-state index < -0.39 is 5.97 Å². The highest BCUT2D eigenvalue weighted by Gasteiger charge is 2.10. The molecule has 0 heterocycles. The van der Waals surface area contributed by atoms with Crippen molar-refractivity contribution in [2.75, 3.05) is 14.2 Å². The maximum absolute atomic E-state index is 11.8. The third kappa shape index (κ3) is 4.74. The summed E-state index contributed by atoms with van der Waals surface area (Å²) in [6.45, 7) is 0. The number of amides is 1. The van der Waals surface area contributed by atoms with Crippen molar-refractivity contribution in [3.8, 4) is 11.5 Å². The van der Waals surface area contributed by atoms with Crippen LogP contribution in [0.2, 0.25) is 0 Å². The van der Waals surface area contributed by atoms with Gasteiger partial charge in [-0.3, -0.25) is 4.79 Å². The lowest BCUT2D eigenvalue weighted by atomic mass is 10.1. The topological polar surface area (TPSA) is 73.9 Å². The van der Waals surface area contributed by atoms with Crippen molar-refractivity contribution in [1.29, 1.82) is 0 Å². The third-order valence-corrected chi connectivity index (χ3v) is 3.36. The molecule has 0 aliphatic heterocycles. The number of rotatable bonds is 6. The van der Waals surface area contributed by atoms with Crippen molar-refractivity contribution in [2.24, 2.45) is 0 Å². The van der Waals surface area contributed by atoms with Crippen LogP contribution in [0.15, 0.2) is 48.5 Å². The highest BCUT2D eigenvalue weighted by Crippen LogP contribution is 2.27. The van der Waals surface area contributed by atoms with Gasteiger partial charge in [0.2, 0.25) is 0 Å². The first-order valence-electron chi connectivity index (χ1n) is 7.40. The van der Waals surface area contributed by atoms with Crippen molar-refractivity contribution >= 4 is 11.9 Å². The van der Waals surface area contributed by atoms with Crippen molar-refractivity contribution < 1.29 is 23.9 Å². The Kier molecular flexibility index (Phi) is 6.19. The zero-order valence-corrected chi connectivity index (χ0v) is 13.6. The number of carbonyl (C=O) groups excluding carboxylic acids is 2. The molecule has 1 N–H and O–H groups in total. The summed E-state index contributed by atoms with van der Waals surface area (Å²) in [4.78, 5) is 28.3. The van der Waals surface area contributed by atoms with E-state index >= 15 is 0 Å². The monoisotopic (exact) mass is 329 g/mol. The van der Waals surface area contributed by atoms with Crippen LogP contribution >= 0.6 is 0 Å². The number of ether oxygens (including phenoxy) is 2. The van der Waals surface area contributed by atoms with E-state index in [1.165, 1.54) is 0 Å². The van der Waals surface area contributed by atoms with Crippen molar-refractivity contribution in [3.63, 3.8) is 0 Å². The molecule has 2 aromatic rings. The fraction of sp³-hybridized carbons (Fsp3) is 0.222. The second-order valence-corrected chi connectivity index (χ2v) is 4.97. The van der Waals surface area contributed by atoms with Gasteiger partial charge in [0.15, 0.2) is 11.5 Å². The number of carbonyl (C=O) groups is 2. The molecule has 0 aliphatic rings. The van der Waals surface area contributed by atoms with Gasteiger partial charge in [0.05, 0.1) is 19.8 Å². The molecule has 1 amide bonds. The molecule has 0 fully saturated rings. The van der Waals surface area contributed by atoms with Gasteiger partial charge in [0.25, 0.3) is 5.91 Å². The summed E-state index contributed by atoms with van der Waals surface area (Å²) < 4.78 is 10.4. The first-order chi connectivity index (χ1) is 11.6. The zero-order valence-electron chi connectivity index (χ0n) is 13.6. The molecule has 24 heavy (non-hydrogen) atoms. The van der Waals surface area contributed by atoms with Gasteiger partial charge in [-0.25, -0.2) is 4.79 Å². The number of hydrogen-bond donors (Lipinski definition) is 1. The fourth-order valence-corrected chi connectivity index (χ4v) is 2.08. The molecule has 0 atom stereocenters. The van der Waals surface area contributed by atoms with Gasteiger partial charge in [0, 0.05) is 6.42 Å². The van der Waals surface area contributed by atoms with E-state index in [4.69, 9.17) is 14.3 Å². The summed E-state index contributed by atoms with van der Waals surface area (Å²) in [5.74, 6) is 0.248. The van der Waals surface area contributed by atoms with Gasteiger partial charge in [-0.1, -0.05) is 24.3 Å². The van der Waals surface area contributed by atoms with E-state index in [1.807, 2.05) is 12.1 Å². The van der Waals surface area contributed by atoms with Gasteiger partial charge in [-0.05, 0) is 36.2 Å². The minimum Gasteiger partial charge on any atom is -0.493 e. The molecule has 0 saturated heterocycles. The SMILES string of the molecule is COc1ccc(CCC(=O)NOC(=O)c2ccccc2)cc1OC. The zero-order chi connectivity index (χ0) is 17.4. The number of aryl methyl sites for hydroxylation is 1. The quantitative estimate of drug-likeness (QED) is 0.824. The third-order valence-electron chi connectivity index (χ3n) is 3.36. The molecule has 0 spiro atoms. The van der Waals surface area contributed by atoms with Crippen LogP contribution in [0, 0.1) is 0 Å². The summed E-state index contributed by atoms with van der Waals surface area (Å²) in [5, 5.41) is 0. The minimum atomic E-state index is -0.602. The Morgan fingerprint density at radius 2 is 1.67 bits per heavy atom. The maximum atomic E-state index is 11.8. The molecular weight excluding hydrogens is 310 g/mol. The molecule has 0 unspecified atom stereocenters. The van der Waals surface area contributed by atoms with E-state index in [0.29, 0.717) is 23.5 Å². The van der Waals surface area contributed by atoms with Crippen LogP contribution in [0.3, 0.4) is 0 Å². The van der Waals surface area contributed by atoms with E-state index in [-0.39, 0.29) is 12.3 Å². The number of benzene rings is 2. The van der Waals surface area contributed by atoms with Gasteiger partial charge < -0.3 is 14.3 Å². The van der Waals surface area contributed by atoms with Gasteiger partial charge in [-0.2, -0.15) is 5.48 Å². The molecule has 2 aromatic carbocycles. The van der Waals surface area contributed by atoms with Gasteiger partial charge >= 0.3 is 5.97 Å². The van der Waals surface area contributed by atoms with Crippen LogP contribution in [0.1, 0.15) is 22.3 Å². The molecule has 0 saturated carbocycles. The molecule has 6 nitrogen and oxygen atoms in total. The highest BCUT2D eigenvalue weighted by atomic mass is 16.7. The summed E-state index contributed by atoms with van der Waals surface area (Å²) in [5.41, 5.74) is 3.44. The Bertz CT molecular complexity index is 700. The number of hydrogen-bond acceptors (Lipinski definition) is 5. The standard InChI is InChI=1S/C18H19NO5/c1-22-15-10-8-13(12-16(15)23-2)9-11-17(20)19-24-18(21)14-6-4-3-5-7-14/h3-8,10,12H,9,11H2,1-2H3,(H,19,20). The van der Waals surface area contributed by atoms with E-state index in [2.05, 4.69) is 5.48 Å². The first kappa shape index (κ1) is 17.3. The average molecular weight is 329 g/mol. The maximum Gasteiger partial charge on any atom is 0.362 e. The molecule has 0 bridgehead atoms. The number of hydroxylamine groups is 1. The van der Waals surface area contributed by atoms with Crippen LogP contribution < -0.4 is 15.0 Å². The lowest BCUT2D eigenvalue weighted by Crippen LogP contribution is -2.27. The Labute approximate surface area is 140 Å². The van der Waals surface area contributed by atoms with E-state index in [9.17, 15) is 9.59 Å². The second-order valence-electron chi connectivity index (χ2n) is 4.97. The fourth-order valence-electron chi connectivity index (χ4n) is 2.08. The molecule has 6 heteroatoms. The largest absolute Gasteiger partial charge is 0.493 e. The molecule has 126 valence electrons. The lowest BCUT2D eigenvalue weighted by Gasteiger charge is -2.09. The van der Waals surface area contributed by atoms with Gasteiger partial charge in [0.1, 0.15) is 0 Å². The number of nitrogens with one attached hydrogen (secondary N) is 1. The first-order valence-corrected chi connectivity index (χ1v) is 7.40. The molecular formula is C18H19NO5. The summed E-state index contributed by atoms with van der Waals surface area (Å²) in [6, 6.07) is 13.9. The predicted molar refractivity (Wildman–Crippen MR) is 87.9 cm³/mol. The van der Waals surface area contributed by atoms with Crippen LogP contribution in [0.25, 0.3) is 0 Å². The minimum absolute atomic E-state index is 0.178. The molecule has 0 radical (unpaired) electrons. The Balaban J connectivity index is 1.82. The Hall–Kier alpha value is -3.02. The van der Waals surface area contributed by atoms with E-state index in [0.717, 1.165) is 5.56 Å². The highest BCUT2D eigenvalue weighted by molar-refractivity contribution is 5.90. The Morgan fingerprint density at radius 3 is 2.33 bits per heavy atom. The summed E-state index contributed by atoms with van der Waals surface area (Å²) in [6.07, 6.45) is 0.659. The van der Waals surface area contributed by atoms with Gasteiger partial charge in [-0.15, -0.1) is 0 Å². The number of methoxy groups -OCH3 is 2. The molecule has 0 aromatic heterocycles. The van der Waals surface area contributed by atoms with Crippen molar-refractivity contribution in [2.45, 2.75) is 12.8 Å². The lowest BCUT2D eigenvalue weighted by molar-refractivity contribution is -0.129. The second kappa shape index (κ2) is 8.57. The molecule has 0 aliphatic carbocycles. The summed E-state index contributed by atoms with van der Waals surface area (Å²) >= 11 is 0. The van der Waals surface area contributed by atoms with E-state index in [1.54, 1.807) is 50.6 Å². The van der Waals surface area contributed by atoms with Crippen LogP contribution in [-0.4, -0.2) is 26.1 Å². The Morgan fingerprint density at radius 1 is 0.958 bits per heavy atom. The van der Waals surface area contributed by atoms with Crippen molar-refractivity contribution in [3.05, 3.63) is 59.7 Å². The van der Waals surface area contributed by atoms with Crippen LogP contribution in [-0.2, 0) is 16.1 Å².